The zero-order chi connectivity index (χ0) is 18.8. The van der Waals surface area contributed by atoms with E-state index in [1.54, 1.807) is 11.8 Å². The van der Waals surface area contributed by atoms with Gasteiger partial charge in [-0.05, 0) is 77.0 Å². The van der Waals surface area contributed by atoms with Crippen molar-refractivity contribution in [1.82, 2.24) is 15.1 Å². The van der Waals surface area contributed by atoms with Gasteiger partial charge in [-0.2, -0.15) is 5.10 Å². The Balaban J connectivity index is 1.41. The van der Waals surface area contributed by atoms with Crippen LogP contribution >= 0.6 is 0 Å². The second-order valence-electron chi connectivity index (χ2n) is 10.1. The number of aromatic nitrogens is 2. The Morgan fingerprint density at radius 1 is 1.22 bits per heavy atom. The van der Waals surface area contributed by atoms with E-state index in [0.717, 1.165) is 42.7 Å². The molecule has 3 fully saturated rings. The standard InChI is InChI=1S/C22H32N4O/c1-22(2,3)26-21(25-8-4-5-9-25)18(13-23-26)20(27)24-19-12-15-7-6-14-10-16(15)17(19)11-14/h7,13-14,16-17,19H,4-6,8-12H2,1-3H3,(H,24,27). The van der Waals surface area contributed by atoms with E-state index >= 15 is 0 Å². The zero-order valence-corrected chi connectivity index (χ0v) is 16.9. The first-order chi connectivity index (χ1) is 12.9. The lowest BCUT2D eigenvalue weighted by atomic mass is 9.89. The van der Waals surface area contributed by atoms with Gasteiger partial charge in [0.05, 0.1) is 11.7 Å². The quantitative estimate of drug-likeness (QED) is 0.828. The molecule has 3 aliphatic carbocycles. The fraction of sp³-hybridized carbons (Fsp3) is 0.727. The smallest absolute Gasteiger partial charge is 0.256 e. The number of rotatable bonds is 3. The van der Waals surface area contributed by atoms with E-state index in [0.29, 0.717) is 12.0 Å². The Bertz CT molecular complexity index is 781. The molecular weight excluding hydrogens is 336 g/mol. The van der Waals surface area contributed by atoms with E-state index in [-0.39, 0.29) is 11.4 Å². The van der Waals surface area contributed by atoms with Crippen LogP contribution in [0.25, 0.3) is 0 Å². The number of carbonyl (C=O) groups is 1. The van der Waals surface area contributed by atoms with Crippen LogP contribution in [0.1, 0.15) is 69.7 Å². The number of fused-ring (bicyclic) bond motifs is 1. The molecule has 2 heterocycles. The van der Waals surface area contributed by atoms with Crippen LogP contribution in [0.15, 0.2) is 17.8 Å². The topological polar surface area (TPSA) is 50.2 Å². The molecule has 4 unspecified atom stereocenters. The molecule has 1 saturated heterocycles. The minimum absolute atomic E-state index is 0.0708. The summed E-state index contributed by atoms with van der Waals surface area (Å²) in [6.45, 7) is 8.51. The zero-order valence-electron chi connectivity index (χ0n) is 16.9. The largest absolute Gasteiger partial charge is 0.356 e. The SMILES string of the molecule is CC(C)(C)n1ncc(C(=O)NC2CC3=CCC4CC3C2C4)c1N1CCCC1. The lowest BCUT2D eigenvalue weighted by Crippen LogP contribution is -2.39. The number of amides is 1. The number of hydrogen-bond acceptors (Lipinski definition) is 3. The normalized spacial score (nSPS) is 32.1. The molecule has 4 aliphatic rings. The highest BCUT2D eigenvalue weighted by Crippen LogP contribution is 2.54. The Hall–Kier alpha value is -1.78. The van der Waals surface area contributed by atoms with Crippen LogP contribution < -0.4 is 10.2 Å². The molecule has 1 aromatic heterocycles. The van der Waals surface area contributed by atoms with Gasteiger partial charge in [-0.25, -0.2) is 4.68 Å². The summed E-state index contributed by atoms with van der Waals surface area (Å²) in [5, 5.41) is 8.06. The molecule has 1 N–H and O–H groups in total. The van der Waals surface area contributed by atoms with Gasteiger partial charge in [0.2, 0.25) is 0 Å². The van der Waals surface area contributed by atoms with Crippen LogP contribution in [0.5, 0.6) is 0 Å². The molecule has 1 aromatic rings. The van der Waals surface area contributed by atoms with E-state index < -0.39 is 0 Å². The van der Waals surface area contributed by atoms with E-state index in [4.69, 9.17) is 0 Å². The molecule has 2 saturated carbocycles. The Labute approximate surface area is 162 Å². The molecule has 5 heteroatoms. The van der Waals surface area contributed by atoms with Gasteiger partial charge in [0.25, 0.3) is 5.91 Å². The molecule has 146 valence electrons. The summed E-state index contributed by atoms with van der Waals surface area (Å²) in [6, 6.07) is 0.309. The third-order valence-corrected chi connectivity index (χ3v) is 7.22. The highest BCUT2D eigenvalue weighted by atomic mass is 16.1. The highest BCUT2D eigenvalue weighted by Gasteiger charge is 2.48. The van der Waals surface area contributed by atoms with Crippen LogP contribution in [0.4, 0.5) is 5.82 Å². The van der Waals surface area contributed by atoms with Crippen LogP contribution in [0, 0.1) is 17.8 Å². The lowest BCUT2D eigenvalue weighted by Gasteiger charge is -2.28. The molecule has 27 heavy (non-hydrogen) atoms. The molecular formula is C22H32N4O. The molecule has 1 amide bonds. The first-order valence-corrected chi connectivity index (χ1v) is 10.7. The third-order valence-electron chi connectivity index (χ3n) is 7.22. The first kappa shape index (κ1) is 17.3. The monoisotopic (exact) mass is 368 g/mol. The van der Waals surface area contributed by atoms with Crippen LogP contribution in [0.2, 0.25) is 0 Å². The molecule has 5 rings (SSSR count). The van der Waals surface area contributed by atoms with Crippen molar-refractivity contribution in [3.8, 4) is 0 Å². The summed E-state index contributed by atoms with van der Waals surface area (Å²) < 4.78 is 2.05. The average molecular weight is 369 g/mol. The van der Waals surface area contributed by atoms with E-state index in [9.17, 15) is 4.79 Å². The highest BCUT2D eigenvalue weighted by molar-refractivity contribution is 5.99. The van der Waals surface area contributed by atoms with Crippen molar-refractivity contribution >= 4 is 11.7 Å². The predicted octanol–water partition coefficient (Wildman–Crippen LogP) is 3.71. The number of anilines is 1. The molecule has 0 aromatic carbocycles. The summed E-state index contributed by atoms with van der Waals surface area (Å²) in [7, 11) is 0. The molecule has 5 nitrogen and oxygen atoms in total. The second kappa shape index (κ2) is 6.11. The van der Waals surface area contributed by atoms with Gasteiger partial charge in [0.1, 0.15) is 11.4 Å². The maximum Gasteiger partial charge on any atom is 0.256 e. The summed E-state index contributed by atoms with van der Waals surface area (Å²) in [5.41, 5.74) is 2.24. The van der Waals surface area contributed by atoms with E-state index in [1.165, 1.54) is 32.1 Å². The van der Waals surface area contributed by atoms with Crippen molar-refractivity contribution in [3.05, 3.63) is 23.4 Å². The molecule has 0 spiro atoms. The first-order valence-electron chi connectivity index (χ1n) is 10.7. The van der Waals surface area contributed by atoms with Gasteiger partial charge in [0.15, 0.2) is 0 Å². The average Bonchev–Trinajstić information content (AvgIpc) is 3.35. The number of allylic oxidation sites excluding steroid dienone is 1. The predicted molar refractivity (Wildman–Crippen MR) is 107 cm³/mol. The maximum absolute atomic E-state index is 13.3. The number of nitrogens with one attached hydrogen (secondary N) is 1. The second-order valence-corrected chi connectivity index (χ2v) is 10.1. The van der Waals surface area contributed by atoms with Crippen LogP contribution in [0.3, 0.4) is 0 Å². The van der Waals surface area contributed by atoms with Crippen molar-refractivity contribution < 1.29 is 4.79 Å². The van der Waals surface area contributed by atoms with Crippen molar-refractivity contribution in [2.75, 3.05) is 18.0 Å². The van der Waals surface area contributed by atoms with Crippen LogP contribution in [-0.2, 0) is 5.54 Å². The Morgan fingerprint density at radius 3 is 2.74 bits per heavy atom. The van der Waals surface area contributed by atoms with Crippen molar-refractivity contribution in [2.45, 2.75) is 70.9 Å². The summed E-state index contributed by atoms with van der Waals surface area (Å²) in [6.07, 6.45) is 11.6. The number of nitrogens with zero attached hydrogens (tertiary/aromatic N) is 3. The molecule has 4 atom stereocenters. The fourth-order valence-electron chi connectivity index (χ4n) is 5.98. The minimum Gasteiger partial charge on any atom is -0.356 e. The fourth-order valence-corrected chi connectivity index (χ4v) is 5.98. The molecule has 0 radical (unpaired) electrons. The Kier molecular flexibility index (Phi) is 3.92. The maximum atomic E-state index is 13.3. The van der Waals surface area contributed by atoms with Crippen LogP contribution in [-0.4, -0.2) is 34.8 Å². The number of hydrogen-bond donors (Lipinski definition) is 1. The minimum atomic E-state index is -0.135. The van der Waals surface area contributed by atoms with Crippen molar-refractivity contribution in [1.29, 1.82) is 0 Å². The van der Waals surface area contributed by atoms with Gasteiger partial charge in [0, 0.05) is 19.1 Å². The lowest BCUT2D eigenvalue weighted by molar-refractivity contribution is 0.0926. The molecule has 1 aliphatic heterocycles. The van der Waals surface area contributed by atoms with Gasteiger partial charge < -0.3 is 10.2 Å². The van der Waals surface area contributed by atoms with Gasteiger partial charge in [-0.15, -0.1) is 0 Å². The summed E-state index contributed by atoms with van der Waals surface area (Å²) in [4.78, 5) is 15.7. The van der Waals surface area contributed by atoms with E-state index in [2.05, 4.69) is 42.2 Å². The third kappa shape index (κ3) is 2.81. The van der Waals surface area contributed by atoms with Gasteiger partial charge in [-0.3, -0.25) is 4.79 Å². The van der Waals surface area contributed by atoms with Crippen molar-refractivity contribution in [3.63, 3.8) is 0 Å². The summed E-state index contributed by atoms with van der Waals surface area (Å²) in [5.74, 6) is 3.33. The molecule has 2 bridgehead atoms. The summed E-state index contributed by atoms with van der Waals surface area (Å²) >= 11 is 0. The van der Waals surface area contributed by atoms with E-state index in [1.807, 2.05) is 4.68 Å². The van der Waals surface area contributed by atoms with Crippen molar-refractivity contribution in [2.24, 2.45) is 17.8 Å². The van der Waals surface area contributed by atoms with Gasteiger partial charge >= 0.3 is 0 Å². The number of carbonyl (C=O) groups excluding carboxylic acids is 1. The van der Waals surface area contributed by atoms with Gasteiger partial charge in [-0.1, -0.05) is 11.6 Å². The Morgan fingerprint density at radius 2 is 2.00 bits per heavy atom.